The standard InChI is InChI=1S/C18H17NS/c1-13(19)14-6-9-17(10-7-14)20-18-11-8-15-4-2-3-5-16(15)12-18/h2-13H,19H2,1H3/t13-/m1/s1. The van der Waals surface area contributed by atoms with Crippen molar-refractivity contribution < 1.29 is 0 Å². The minimum atomic E-state index is 0.0923. The van der Waals surface area contributed by atoms with Crippen LogP contribution in [0.2, 0.25) is 0 Å². The number of rotatable bonds is 3. The van der Waals surface area contributed by atoms with Crippen molar-refractivity contribution in [3.63, 3.8) is 0 Å². The summed E-state index contributed by atoms with van der Waals surface area (Å²) in [5.41, 5.74) is 7.05. The van der Waals surface area contributed by atoms with Crippen molar-refractivity contribution in [3.05, 3.63) is 72.3 Å². The van der Waals surface area contributed by atoms with Crippen LogP contribution in [0.4, 0.5) is 0 Å². The van der Waals surface area contributed by atoms with Crippen LogP contribution in [0.3, 0.4) is 0 Å². The van der Waals surface area contributed by atoms with E-state index < -0.39 is 0 Å². The highest BCUT2D eigenvalue weighted by atomic mass is 32.2. The number of nitrogens with two attached hydrogens (primary N) is 1. The summed E-state index contributed by atoms with van der Waals surface area (Å²) in [4.78, 5) is 2.50. The molecule has 0 aliphatic heterocycles. The summed E-state index contributed by atoms with van der Waals surface area (Å²) in [6.45, 7) is 2.01. The first-order valence-corrected chi connectivity index (χ1v) is 7.56. The molecule has 1 nitrogen and oxygen atoms in total. The van der Waals surface area contributed by atoms with Crippen LogP contribution in [0.5, 0.6) is 0 Å². The Hall–Kier alpha value is -1.77. The Morgan fingerprint density at radius 2 is 1.45 bits per heavy atom. The molecule has 0 saturated heterocycles. The second kappa shape index (κ2) is 5.70. The van der Waals surface area contributed by atoms with E-state index in [-0.39, 0.29) is 6.04 Å². The van der Waals surface area contributed by atoms with Gasteiger partial charge in [0.15, 0.2) is 0 Å². The topological polar surface area (TPSA) is 26.0 Å². The van der Waals surface area contributed by atoms with Gasteiger partial charge in [0.25, 0.3) is 0 Å². The van der Waals surface area contributed by atoms with Gasteiger partial charge in [-0.15, -0.1) is 0 Å². The lowest BCUT2D eigenvalue weighted by molar-refractivity contribution is 0.817. The second-order valence-electron chi connectivity index (χ2n) is 4.97. The van der Waals surface area contributed by atoms with Crippen molar-refractivity contribution in [1.82, 2.24) is 0 Å². The van der Waals surface area contributed by atoms with Crippen LogP contribution in [-0.2, 0) is 0 Å². The summed E-state index contributed by atoms with van der Waals surface area (Å²) < 4.78 is 0. The van der Waals surface area contributed by atoms with Gasteiger partial charge in [-0.3, -0.25) is 0 Å². The molecule has 1 atom stereocenters. The molecule has 3 aromatic carbocycles. The fourth-order valence-electron chi connectivity index (χ4n) is 2.21. The van der Waals surface area contributed by atoms with E-state index in [4.69, 9.17) is 5.73 Å². The van der Waals surface area contributed by atoms with Gasteiger partial charge in [-0.1, -0.05) is 54.2 Å². The van der Waals surface area contributed by atoms with Crippen molar-refractivity contribution >= 4 is 22.5 Å². The maximum absolute atomic E-state index is 5.87. The van der Waals surface area contributed by atoms with Gasteiger partial charge in [-0.2, -0.15) is 0 Å². The molecule has 0 aliphatic rings. The lowest BCUT2D eigenvalue weighted by Gasteiger charge is -2.07. The fourth-order valence-corrected chi connectivity index (χ4v) is 3.07. The molecule has 100 valence electrons. The van der Waals surface area contributed by atoms with E-state index in [1.807, 2.05) is 6.92 Å². The quantitative estimate of drug-likeness (QED) is 0.729. The largest absolute Gasteiger partial charge is 0.324 e. The maximum Gasteiger partial charge on any atom is 0.0266 e. The van der Waals surface area contributed by atoms with E-state index in [1.54, 1.807) is 11.8 Å². The molecule has 0 amide bonds. The van der Waals surface area contributed by atoms with E-state index in [2.05, 4.69) is 66.7 Å². The second-order valence-corrected chi connectivity index (χ2v) is 6.12. The molecular weight excluding hydrogens is 262 g/mol. The van der Waals surface area contributed by atoms with Gasteiger partial charge >= 0.3 is 0 Å². The average molecular weight is 279 g/mol. The molecule has 0 saturated carbocycles. The predicted molar refractivity (Wildman–Crippen MR) is 87.1 cm³/mol. The Morgan fingerprint density at radius 3 is 2.15 bits per heavy atom. The number of hydrogen-bond donors (Lipinski definition) is 1. The molecule has 2 N–H and O–H groups in total. The third kappa shape index (κ3) is 2.87. The van der Waals surface area contributed by atoms with Crippen LogP contribution < -0.4 is 5.73 Å². The zero-order valence-corrected chi connectivity index (χ0v) is 12.2. The van der Waals surface area contributed by atoms with E-state index in [9.17, 15) is 0 Å². The Bertz CT molecular complexity index is 717. The highest BCUT2D eigenvalue weighted by Gasteiger charge is 2.02. The minimum absolute atomic E-state index is 0.0923. The molecule has 0 bridgehead atoms. The first-order valence-electron chi connectivity index (χ1n) is 6.74. The molecule has 0 aromatic heterocycles. The van der Waals surface area contributed by atoms with Crippen LogP contribution in [0.15, 0.2) is 76.5 Å². The summed E-state index contributed by atoms with van der Waals surface area (Å²) in [6, 6.07) is 23.6. The number of hydrogen-bond acceptors (Lipinski definition) is 2. The van der Waals surface area contributed by atoms with Gasteiger partial charge in [0.1, 0.15) is 0 Å². The zero-order chi connectivity index (χ0) is 13.9. The highest BCUT2D eigenvalue weighted by molar-refractivity contribution is 7.99. The van der Waals surface area contributed by atoms with Crippen molar-refractivity contribution in [1.29, 1.82) is 0 Å². The summed E-state index contributed by atoms with van der Waals surface area (Å²) in [5, 5.41) is 2.56. The van der Waals surface area contributed by atoms with Gasteiger partial charge in [0.05, 0.1) is 0 Å². The molecule has 2 heteroatoms. The average Bonchev–Trinajstić information content (AvgIpc) is 2.48. The summed E-state index contributed by atoms with van der Waals surface area (Å²) in [6.07, 6.45) is 0. The molecule has 3 rings (SSSR count). The summed E-state index contributed by atoms with van der Waals surface area (Å²) >= 11 is 1.78. The van der Waals surface area contributed by atoms with Gasteiger partial charge < -0.3 is 5.73 Å². The Morgan fingerprint density at radius 1 is 0.800 bits per heavy atom. The van der Waals surface area contributed by atoms with Crippen LogP contribution in [0.1, 0.15) is 18.5 Å². The minimum Gasteiger partial charge on any atom is -0.324 e. The van der Waals surface area contributed by atoms with Gasteiger partial charge in [-0.05, 0) is 47.5 Å². The third-order valence-corrected chi connectivity index (χ3v) is 4.36. The molecule has 0 heterocycles. The lowest BCUT2D eigenvalue weighted by Crippen LogP contribution is -2.04. The van der Waals surface area contributed by atoms with E-state index in [0.29, 0.717) is 0 Å². The summed E-state index contributed by atoms with van der Waals surface area (Å²) in [5.74, 6) is 0. The normalized spacial score (nSPS) is 12.5. The fraction of sp³-hybridized carbons (Fsp3) is 0.111. The molecule has 0 spiro atoms. The SMILES string of the molecule is C[C@@H](N)c1ccc(Sc2ccc3ccccc3c2)cc1. The zero-order valence-electron chi connectivity index (χ0n) is 11.4. The van der Waals surface area contributed by atoms with Crippen LogP contribution in [0, 0.1) is 0 Å². The first kappa shape index (κ1) is 13.2. The van der Waals surface area contributed by atoms with Crippen molar-refractivity contribution in [2.24, 2.45) is 5.73 Å². The Kier molecular flexibility index (Phi) is 3.77. The monoisotopic (exact) mass is 279 g/mol. The maximum atomic E-state index is 5.87. The molecule has 0 radical (unpaired) electrons. The highest BCUT2D eigenvalue weighted by Crippen LogP contribution is 2.30. The van der Waals surface area contributed by atoms with Crippen molar-refractivity contribution in [2.75, 3.05) is 0 Å². The predicted octanol–water partition coefficient (Wildman–Crippen LogP) is 5.01. The van der Waals surface area contributed by atoms with Crippen molar-refractivity contribution in [3.8, 4) is 0 Å². The van der Waals surface area contributed by atoms with E-state index in [1.165, 1.54) is 26.1 Å². The lowest BCUT2D eigenvalue weighted by atomic mass is 10.1. The summed E-state index contributed by atoms with van der Waals surface area (Å²) in [7, 11) is 0. The van der Waals surface area contributed by atoms with Crippen molar-refractivity contribution in [2.45, 2.75) is 22.8 Å². The Balaban J connectivity index is 1.85. The molecule has 20 heavy (non-hydrogen) atoms. The molecule has 3 aromatic rings. The van der Waals surface area contributed by atoms with Crippen LogP contribution in [0.25, 0.3) is 10.8 Å². The van der Waals surface area contributed by atoms with Crippen LogP contribution in [-0.4, -0.2) is 0 Å². The number of benzene rings is 3. The smallest absolute Gasteiger partial charge is 0.0266 e. The molecule has 0 fully saturated rings. The van der Waals surface area contributed by atoms with Crippen LogP contribution >= 0.6 is 11.8 Å². The number of fused-ring (bicyclic) bond motifs is 1. The Labute approximate surface area is 123 Å². The van der Waals surface area contributed by atoms with Gasteiger partial charge in [0.2, 0.25) is 0 Å². The third-order valence-electron chi connectivity index (χ3n) is 3.36. The van der Waals surface area contributed by atoms with Gasteiger partial charge in [0, 0.05) is 15.8 Å². The first-order chi connectivity index (χ1) is 9.72. The van der Waals surface area contributed by atoms with Gasteiger partial charge in [-0.25, -0.2) is 0 Å². The van der Waals surface area contributed by atoms with E-state index in [0.717, 1.165) is 0 Å². The molecule has 0 unspecified atom stereocenters. The molecular formula is C18H17NS. The molecule has 0 aliphatic carbocycles. The van der Waals surface area contributed by atoms with E-state index >= 15 is 0 Å².